The van der Waals surface area contributed by atoms with Gasteiger partial charge in [0, 0.05) is 45.7 Å². The van der Waals surface area contributed by atoms with Crippen LogP contribution >= 0.6 is 0 Å². The minimum Gasteiger partial charge on any atom is -0.480 e. The van der Waals surface area contributed by atoms with Gasteiger partial charge in [-0.2, -0.15) is 0 Å². The number of carbonyl (C=O) groups excluding carboxylic acids is 3. The van der Waals surface area contributed by atoms with E-state index in [-0.39, 0.29) is 46.3 Å². The van der Waals surface area contributed by atoms with Crippen molar-refractivity contribution in [2.24, 2.45) is 0 Å². The Bertz CT molecular complexity index is 1280. The largest absolute Gasteiger partial charge is 0.480 e. The first-order valence-corrected chi connectivity index (χ1v) is 11.1. The van der Waals surface area contributed by atoms with Gasteiger partial charge in [0.2, 0.25) is 5.88 Å². The van der Waals surface area contributed by atoms with Gasteiger partial charge in [-0.1, -0.05) is 0 Å². The van der Waals surface area contributed by atoms with Crippen molar-refractivity contribution in [2.45, 2.75) is 19.4 Å². The van der Waals surface area contributed by atoms with Gasteiger partial charge in [0.1, 0.15) is 17.2 Å². The molecule has 0 bridgehead atoms. The Morgan fingerprint density at radius 1 is 1.03 bits per heavy atom. The lowest BCUT2D eigenvalue weighted by Crippen LogP contribution is -2.29. The first-order chi connectivity index (χ1) is 17.2. The van der Waals surface area contributed by atoms with Crippen LogP contribution < -0.4 is 14.8 Å². The van der Waals surface area contributed by atoms with Crippen LogP contribution in [0.5, 0.6) is 17.4 Å². The quantitative estimate of drug-likeness (QED) is 0.525. The molecule has 0 saturated carbocycles. The molecule has 12 nitrogen and oxygen atoms in total. The first-order valence-electron chi connectivity index (χ1n) is 11.1. The van der Waals surface area contributed by atoms with Crippen LogP contribution in [0.25, 0.3) is 0 Å². The summed E-state index contributed by atoms with van der Waals surface area (Å²) in [6, 6.07) is 4.56. The van der Waals surface area contributed by atoms with Crippen molar-refractivity contribution in [3.05, 3.63) is 59.9 Å². The van der Waals surface area contributed by atoms with E-state index in [1.54, 1.807) is 39.0 Å². The highest BCUT2D eigenvalue weighted by atomic mass is 16.5. The number of carbonyl (C=O) groups is 3. The van der Waals surface area contributed by atoms with Gasteiger partial charge in [0.05, 0.1) is 30.5 Å². The van der Waals surface area contributed by atoms with E-state index < -0.39 is 12.0 Å². The van der Waals surface area contributed by atoms with Crippen molar-refractivity contribution in [3.63, 3.8) is 0 Å². The molecule has 0 aliphatic carbocycles. The summed E-state index contributed by atoms with van der Waals surface area (Å²) in [5.41, 5.74) is 1.08. The molecule has 1 aliphatic heterocycles. The van der Waals surface area contributed by atoms with Crippen LogP contribution in [0.2, 0.25) is 0 Å². The Morgan fingerprint density at radius 3 is 2.42 bits per heavy atom. The summed E-state index contributed by atoms with van der Waals surface area (Å²) in [5, 5.41) is 2.67. The maximum Gasteiger partial charge on any atom is 0.273 e. The smallest absolute Gasteiger partial charge is 0.273 e. The van der Waals surface area contributed by atoms with Gasteiger partial charge >= 0.3 is 0 Å². The van der Waals surface area contributed by atoms with Crippen LogP contribution in [0.3, 0.4) is 0 Å². The SMILES string of the molecule is Cc1cnc(NC(=O)c2cc(Oc3cnc(C(=O)N(C)C)cn3)cc(OC3CCN(C)C3=O)c2)cn1. The molecule has 1 atom stereocenters. The molecule has 3 aromatic rings. The summed E-state index contributed by atoms with van der Waals surface area (Å²) in [6.07, 6.45) is 5.45. The van der Waals surface area contributed by atoms with Gasteiger partial charge in [-0.15, -0.1) is 0 Å². The lowest BCUT2D eigenvalue weighted by Gasteiger charge is -2.15. The maximum atomic E-state index is 13.0. The molecule has 3 amide bonds. The lowest BCUT2D eigenvalue weighted by atomic mass is 10.2. The van der Waals surface area contributed by atoms with Gasteiger partial charge < -0.3 is 24.6 Å². The molecule has 0 spiro atoms. The first kappa shape index (κ1) is 24.5. The fourth-order valence-corrected chi connectivity index (χ4v) is 3.37. The van der Waals surface area contributed by atoms with Gasteiger partial charge in [-0.3, -0.25) is 19.4 Å². The number of amides is 3. The highest BCUT2D eigenvalue weighted by Gasteiger charge is 2.31. The van der Waals surface area contributed by atoms with Crippen LogP contribution in [0.15, 0.2) is 43.0 Å². The van der Waals surface area contributed by atoms with Gasteiger partial charge in [0.15, 0.2) is 11.9 Å². The number of benzene rings is 1. The highest BCUT2D eigenvalue weighted by molar-refractivity contribution is 6.04. The van der Waals surface area contributed by atoms with Crippen LogP contribution in [-0.4, -0.2) is 81.2 Å². The number of anilines is 1. The Morgan fingerprint density at radius 2 is 1.81 bits per heavy atom. The van der Waals surface area contributed by atoms with Crippen LogP contribution in [-0.2, 0) is 4.79 Å². The van der Waals surface area contributed by atoms with E-state index in [4.69, 9.17) is 9.47 Å². The predicted molar refractivity (Wildman–Crippen MR) is 128 cm³/mol. The molecule has 1 N–H and O–H groups in total. The zero-order chi connectivity index (χ0) is 25.8. The molecule has 1 saturated heterocycles. The normalized spacial score (nSPS) is 14.9. The number of likely N-dealkylation sites (N-methyl/N-ethyl adjacent to an activating group) is 1. The van der Waals surface area contributed by atoms with E-state index in [9.17, 15) is 14.4 Å². The van der Waals surface area contributed by atoms with Crippen molar-refractivity contribution in [1.82, 2.24) is 29.7 Å². The molecule has 2 aromatic heterocycles. The molecule has 1 unspecified atom stereocenters. The Hall–Kier alpha value is -4.61. The van der Waals surface area contributed by atoms with Crippen LogP contribution in [0, 0.1) is 6.92 Å². The monoisotopic (exact) mass is 491 g/mol. The van der Waals surface area contributed by atoms with Crippen molar-refractivity contribution in [2.75, 3.05) is 33.0 Å². The predicted octanol–water partition coefficient (Wildman–Crippen LogP) is 1.93. The van der Waals surface area contributed by atoms with Gasteiger partial charge in [0.25, 0.3) is 17.7 Å². The zero-order valence-electron chi connectivity index (χ0n) is 20.3. The third kappa shape index (κ3) is 5.71. The van der Waals surface area contributed by atoms with E-state index in [0.717, 1.165) is 0 Å². The molecule has 186 valence electrons. The third-order valence-corrected chi connectivity index (χ3v) is 5.30. The molecule has 1 fully saturated rings. The highest BCUT2D eigenvalue weighted by Crippen LogP contribution is 2.29. The molecule has 1 aliphatic rings. The van der Waals surface area contributed by atoms with Crippen molar-refractivity contribution in [1.29, 1.82) is 0 Å². The summed E-state index contributed by atoms with van der Waals surface area (Å²) >= 11 is 0. The third-order valence-electron chi connectivity index (χ3n) is 5.30. The van der Waals surface area contributed by atoms with Crippen LogP contribution in [0.4, 0.5) is 5.82 Å². The minimum atomic E-state index is -0.666. The number of hydrogen-bond acceptors (Lipinski definition) is 9. The second-order valence-electron chi connectivity index (χ2n) is 8.39. The molecule has 4 rings (SSSR count). The Labute approximate surface area is 207 Å². The fraction of sp³-hybridized carbons (Fsp3) is 0.292. The molecule has 36 heavy (non-hydrogen) atoms. The Kier molecular flexibility index (Phi) is 7.04. The second kappa shape index (κ2) is 10.3. The summed E-state index contributed by atoms with van der Waals surface area (Å²) in [6.45, 7) is 2.36. The van der Waals surface area contributed by atoms with Crippen molar-refractivity contribution < 1.29 is 23.9 Å². The van der Waals surface area contributed by atoms with Gasteiger partial charge in [-0.25, -0.2) is 15.0 Å². The number of nitrogens with zero attached hydrogens (tertiary/aromatic N) is 6. The van der Waals surface area contributed by atoms with E-state index in [1.807, 2.05) is 0 Å². The second-order valence-corrected chi connectivity index (χ2v) is 8.39. The van der Waals surface area contributed by atoms with E-state index in [1.165, 1.54) is 41.8 Å². The van der Waals surface area contributed by atoms with Crippen LogP contribution in [0.1, 0.15) is 33.0 Å². The summed E-state index contributed by atoms with van der Waals surface area (Å²) in [7, 11) is 4.93. The van der Waals surface area contributed by atoms with E-state index >= 15 is 0 Å². The zero-order valence-corrected chi connectivity index (χ0v) is 20.3. The minimum absolute atomic E-state index is 0.106. The Balaban J connectivity index is 1.59. The molecular weight excluding hydrogens is 466 g/mol. The average molecular weight is 492 g/mol. The lowest BCUT2D eigenvalue weighted by molar-refractivity contribution is -0.132. The summed E-state index contributed by atoms with van der Waals surface area (Å²) in [4.78, 5) is 56.8. The fourth-order valence-electron chi connectivity index (χ4n) is 3.37. The van der Waals surface area contributed by atoms with Crippen molar-refractivity contribution >= 4 is 23.5 Å². The molecule has 0 radical (unpaired) electrons. The summed E-state index contributed by atoms with van der Waals surface area (Å²) < 4.78 is 11.7. The summed E-state index contributed by atoms with van der Waals surface area (Å²) in [5.74, 6) is -0.0330. The number of aromatic nitrogens is 4. The number of rotatable bonds is 7. The number of likely N-dealkylation sites (tertiary alicyclic amines) is 1. The molecule has 12 heteroatoms. The standard InChI is InChI=1S/C24H25N7O5/c1-14-10-27-20(12-25-14)29-22(32)15-7-16(35-19-5-6-31(4)24(19)34)9-17(8-15)36-21-13-26-18(11-28-21)23(33)30(2)3/h7-13,19H,5-6H2,1-4H3,(H,27,29,32). The number of nitrogens with one attached hydrogen (secondary N) is 1. The number of hydrogen-bond donors (Lipinski definition) is 1. The maximum absolute atomic E-state index is 13.0. The number of aryl methyl sites for hydroxylation is 1. The van der Waals surface area contributed by atoms with Crippen molar-refractivity contribution in [3.8, 4) is 17.4 Å². The van der Waals surface area contributed by atoms with Gasteiger partial charge in [-0.05, 0) is 19.1 Å². The molecule has 1 aromatic carbocycles. The topological polar surface area (TPSA) is 140 Å². The molecule has 3 heterocycles. The molecular formula is C24H25N7O5. The average Bonchev–Trinajstić information content (AvgIpc) is 3.17. The van der Waals surface area contributed by atoms with E-state index in [0.29, 0.717) is 18.7 Å². The van der Waals surface area contributed by atoms with E-state index in [2.05, 4.69) is 25.3 Å². The number of ether oxygens (including phenoxy) is 2.